The van der Waals surface area contributed by atoms with Crippen LogP contribution < -0.4 is 16.0 Å². The Hall–Kier alpha value is -3.30. The van der Waals surface area contributed by atoms with Crippen molar-refractivity contribution in [3.05, 3.63) is 39.0 Å². The summed E-state index contributed by atoms with van der Waals surface area (Å²) in [7, 11) is 1.53. The lowest BCUT2D eigenvalue weighted by atomic mass is 9.81. The average Bonchev–Trinajstić information content (AvgIpc) is 2.86. The number of nitrogens with one attached hydrogen (secondary N) is 1. The second kappa shape index (κ2) is 10.5. The standard InChI is InChI=1S/C25H34N4O6/c1-16(2)35-25(33)28-12-10-27(11-13-28)22(30)18-6-4-17(5-7-18)15-29-23(31)20-14-19(34-3)8-9-21(20)26-24(29)32/h8-9,14,16-18H,4-7,10-13,15H2,1-3H3,(H,26,32). The third kappa shape index (κ3) is 5.52. The Kier molecular flexibility index (Phi) is 7.47. The highest BCUT2D eigenvalue weighted by molar-refractivity contribution is 5.80. The van der Waals surface area contributed by atoms with Crippen molar-refractivity contribution < 1.29 is 19.1 Å². The van der Waals surface area contributed by atoms with E-state index < -0.39 is 5.69 Å². The van der Waals surface area contributed by atoms with Crippen LogP contribution in [-0.2, 0) is 16.1 Å². The molecular formula is C25H34N4O6. The van der Waals surface area contributed by atoms with Crippen molar-refractivity contribution in [3.8, 4) is 5.75 Å². The summed E-state index contributed by atoms with van der Waals surface area (Å²) >= 11 is 0. The first kappa shape index (κ1) is 24.8. The van der Waals surface area contributed by atoms with Gasteiger partial charge in [0, 0.05) is 38.6 Å². The maximum Gasteiger partial charge on any atom is 0.410 e. The summed E-state index contributed by atoms with van der Waals surface area (Å²) < 4.78 is 11.7. The van der Waals surface area contributed by atoms with E-state index in [2.05, 4.69) is 4.98 Å². The molecule has 0 radical (unpaired) electrons. The molecule has 2 fully saturated rings. The van der Waals surface area contributed by atoms with Gasteiger partial charge in [-0.3, -0.25) is 14.2 Å². The number of rotatable bonds is 5. The summed E-state index contributed by atoms with van der Waals surface area (Å²) in [5.74, 6) is 0.790. The fourth-order valence-corrected chi connectivity index (χ4v) is 5.02. The lowest BCUT2D eigenvalue weighted by molar-refractivity contribution is -0.138. The zero-order valence-electron chi connectivity index (χ0n) is 20.6. The largest absolute Gasteiger partial charge is 0.497 e. The molecule has 2 amide bonds. The maximum atomic E-state index is 13.1. The zero-order chi connectivity index (χ0) is 25.1. The maximum absolute atomic E-state index is 13.1. The van der Waals surface area contributed by atoms with Gasteiger partial charge >= 0.3 is 11.8 Å². The van der Waals surface area contributed by atoms with E-state index in [1.54, 1.807) is 23.1 Å². The van der Waals surface area contributed by atoms with Gasteiger partial charge in [-0.2, -0.15) is 0 Å². The molecule has 10 nitrogen and oxygen atoms in total. The Morgan fingerprint density at radius 2 is 1.69 bits per heavy atom. The molecule has 1 aliphatic heterocycles. The molecule has 0 atom stereocenters. The number of ether oxygens (including phenoxy) is 2. The van der Waals surface area contributed by atoms with Gasteiger partial charge in [0.15, 0.2) is 0 Å². The molecule has 1 aromatic heterocycles. The van der Waals surface area contributed by atoms with Gasteiger partial charge in [0.25, 0.3) is 5.56 Å². The quantitative estimate of drug-likeness (QED) is 0.693. The van der Waals surface area contributed by atoms with Crippen molar-refractivity contribution in [3.63, 3.8) is 0 Å². The number of methoxy groups -OCH3 is 1. The molecule has 0 bridgehead atoms. The van der Waals surface area contributed by atoms with Crippen LogP contribution in [0.4, 0.5) is 4.79 Å². The van der Waals surface area contributed by atoms with E-state index in [-0.39, 0.29) is 35.5 Å². The highest BCUT2D eigenvalue weighted by Gasteiger charge is 2.32. The SMILES string of the molecule is COc1ccc2[nH]c(=O)n(CC3CCC(C(=O)N4CCN(C(=O)OC(C)C)CC4)CC3)c(=O)c2c1. The second-order valence-corrected chi connectivity index (χ2v) is 9.72. The first-order valence-corrected chi connectivity index (χ1v) is 12.3. The second-order valence-electron chi connectivity index (χ2n) is 9.72. The van der Waals surface area contributed by atoms with Crippen LogP contribution in [0.5, 0.6) is 5.75 Å². The molecule has 2 aromatic rings. The van der Waals surface area contributed by atoms with Crippen molar-refractivity contribution in [1.29, 1.82) is 0 Å². The Bertz CT molecular complexity index is 1190. The van der Waals surface area contributed by atoms with Crippen molar-refractivity contribution in [2.24, 2.45) is 11.8 Å². The monoisotopic (exact) mass is 486 g/mol. The van der Waals surface area contributed by atoms with Gasteiger partial charge in [0.1, 0.15) is 5.75 Å². The number of hydrogen-bond acceptors (Lipinski definition) is 6. The summed E-state index contributed by atoms with van der Waals surface area (Å²) in [4.78, 5) is 57.0. The Labute approximate surface area is 203 Å². The van der Waals surface area contributed by atoms with Gasteiger partial charge in [-0.25, -0.2) is 9.59 Å². The van der Waals surface area contributed by atoms with Gasteiger partial charge < -0.3 is 24.3 Å². The fourth-order valence-electron chi connectivity index (χ4n) is 5.02. The number of fused-ring (bicyclic) bond motifs is 1. The van der Waals surface area contributed by atoms with Gasteiger partial charge in [-0.05, 0) is 63.6 Å². The minimum absolute atomic E-state index is 0.0590. The first-order chi connectivity index (χ1) is 16.8. The van der Waals surface area contributed by atoms with Gasteiger partial charge in [0.2, 0.25) is 5.91 Å². The van der Waals surface area contributed by atoms with Crippen LogP contribution in [0, 0.1) is 11.8 Å². The predicted octanol–water partition coefficient (Wildman–Crippen LogP) is 2.19. The number of benzene rings is 1. The van der Waals surface area contributed by atoms with Crippen LogP contribution in [0.2, 0.25) is 0 Å². The van der Waals surface area contributed by atoms with Crippen LogP contribution in [-0.4, -0.2) is 70.7 Å². The fraction of sp³-hybridized carbons (Fsp3) is 0.600. The normalized spacial score (nSPS) is 20.8. The van der Waals surface area contributed by atoms with Gasteiger partial charge in [-0.15, -0.1) is 0 Å². The highest BCUT2D eigenvalue weighted by atomic mass is 16.6. The van der Waals surface area contributed by atoms with E-state index in [1.807, 2.05) is 18.7 Å². The molecule has 190 valence electrons. The summed E-state index contributed by atoms with van der Waals surface area (Å²) in [5, 5.41) is 0.421. The van der Waals surface area contributed by atoms with E-state index >= 15 is 0 Å². The molecule has 4 rings (SSSR count). The number of hydrogen-bond donors (Lipinski definition) is 1. The molecule has 10 heteroatoms. The molecule has 2 heterocycles. The number of H-pyrrole nitrogens is 1. The van der Waals surface area contributed by atoms with Crippen LogP contribution in [0.1, 0.15) is 39.5 Å². The molecular weight excluding hydrogens is 452 g/mol. The molecule has 2 aliphatic rings. The van der Waals surface area contributed by atoms with Gasteiger partial charge in [0.05, 0.1) is 24.1 Å². The summed E-state index contributed by atoms with van der Waals surface area (Å²) in [6, 6.07) is 5.02. The third-order valence-corrected chi connectivity index (χ3v) is 7.01. The third-order valence-electron chi connectivity index (χ3n) is 7.01. The van der Waals surface area contributed by atoms with E-state index in [0.717, 1.165) is 25.7 Å². The van der Waals surface area contributed by atoms with Crippen molar-refractivity contribution in [1.82, 2.24) is 19.4 Å². The molecule has 1 aliphatic carbocycles. The van der Waals surface area contributed by atoms with Crippen LogP contribution >= 0.6 is 0 Å². The minimum atomic E-state index is -0.417. The lowest BCUT2D eigenvalue weighted by Gasteiger charge is -2.37. The number of amides is 2. The molecule has 1 aromatic carbocycles. The van der Waals surface area contributed by atoms with Crippen molar-refractivity contribution >= 4 is 22.9 Å². The molecule has 0 unspecified atom stereocenters. The van der Waals surface area contributed by atoms with E-state index in [9.17, 15) is 19.2 Å². The number of aromatic nitrogens is 2. The minimum Gasteiger partial charge on any atom is -0.497 e. The lowest BCUT2D eigenvalue weighted by Crippen LogP contribution is -2.52. The van der Waals surface area contributed by atoms with E-state index in [0.29, 0.717) is 49.4 Å². The topological polar surface area (TPSA) is 114 Å². The van der Waals surface area contributed by atoms with Crippen molar-refractivity contribution in [2.45, 2.75) is 52.2 Å². The van der Waals surface area contributed by atoms with E-state index in [4.69, 9.17) is 9.47 Å². The number of carbonyl (C=O) groups is 2. The van der Waals surface area contributed by atoms with Crippen LogP contribution in [0.3, 0.4) is 0 Å². The molecule has 1 N–H and O–H groups in total. The zero-order valence-corrected chi connectivity index (χ0v) is 20.6. The number of piperazine rings is 1. The molecule has 0 spiro atoms. The number of carbonyl (C=O) groups excluding carboxylic acids is 2. The summed E-state index contributed by atoms with van der Waals surface area (Å²) in [6.45, 7) is 5.94. The Balaban J connectivity index is 1.33. The molecule has 1 saturated heterocycles. The summed E-state index contributed by atoms with van der Waals surface area (Å²) in [6.07, 6.45) is 2.52. The first-order valence-electron chi connectivity index (χ1n) is 12.3. The highest BCUT2D eigenvalue weighted by Crippen LogP contribution is 2.31. The number of aromatic amines is 1. The average molecular weight is 487 g/mol. The molecule has 35 heavy (non-hydrogen) atoms. The van der Waals surface area contributed by atoms with Crippen LogP contribution in [0.15, 0.2) is 27.8 Å². The smallest absolute Gasteiger partial charge is 0.410 e. The Morgan fingerprint density at radius 1 is 1.03 bits per heavy atom. The Morgan fingerprint density at radius 3 is 2.31 bits per heavy atom. The van der Waals surface area contributed by atoms with E-state index in [1.165, 1.54) is 11.7 Å². The molecule has 1 saturated carbocycles. The summed E-state index contributed by atoms with van der Waals surface area (Å²) in [5.41, 5.74) is -0.252. The number of nitrogens with zero attached hydrogens (tertiary/aromatic N) is 3. The van der Waals surface area contributed by atoms with Crippen LogP contribution in [0.25, 0.3) is 10.9 Å². The van der Waals surface area contributed by atoms with Gasteiger partial charge in [-0.1, -0.05) is 0 Å². The van der Waals surface area contributed by atoms with Crippen molar-refractivity contribution in [2.75, 3.05) is 33.3 Å². The predicted molar refractivity (Wildman–Crippen MR) is 131 cm³/mol.